The van der Waals surface area contributed by atoms with Crippen molar-refractivity contribution in [3.8, 4) is 0 Å². The number of likely N-dealkylation sites (tertiary alicyclic amines) is 2. The van der Waals surface area contributed by atoms with E-state index in [1.54, 1.807) is 12.1 Å². The smallest absolute Gasteiger partial charge is 0.251 e. The second-order valence-electron chi connectivity index (χ2n) is 6.34. The van der Waals surface area contributed by atoms with Gasteiger partial charge in [-0.25, -0.2) is 0 Å². The Morgan fingerprint density at radius 3 is 2.58 bits per heavy atom. The Morgan fingerprint density at radius 1 is 1.12 bits per heavy atom. The van der Waals surface area contributed by atoms with E-state index < -0.39 is 0 Å². The summed E-state index contributed by atoms with van der Waals surface area (Å²) in [5.41, 5.74) is 0.397. The van der Waals surface area contributed by atoms with Gasteiger partial charge in [-0.05, 0) is 50.6 Å². The highest BCUT2D eigenvalue weighted by Gasteiger charge is 2.31. The summed E-state index contributed by atoms with van der Waals surface area (Å²) in [5, 5.41) is 3.38. The molecular weight excluding hydrogens is 349 g/mol. The fraction of sp³-hybridized carbons (Fsp3) is 0.529. The van der Waals surface area contributed by atoms with Crippen LogP contribution in [0.5, 0.6) is 0 Å². The summed E-state index contributed by atoms with van der Waals surface area (Å²) >= 11 is 11.7. The van der Waals surface area contributed by atoms with E-state index in [0.29, 0.717) is 21.7 Å². The number of halogens is 2. The monoisotopic (exact) mass is 369 g/mol. The quantitative estimate of drug-likeness (QED) is 0.886. The number of hydrogen-bond donors (Lipinski definition) is 1. The lowest BCUT2D eigenvalue weighted by Gasteiger charge is -2.23. The van der Waals surface area contributed by atoms with E-state index in [1.807, 2.05) is 4.90 Å². The molecule has 0 radical (unpaired) electrons. The lowest BCUT2D eigenvalue weighted by molar-refractivity contribution is -0.129. The topological polar surface area (TPSA) is 52.7 Å². The maximum absolute atomic E-state index is 12.3. The maximum atomic E-state index is 12.3. The van der Waals surface area contributed by atoms with Gasteiger partial charge in [-0.3, -0.25) is 14.5 Å². The molecule has 1 aromatic rings. The molecule has 0 bridgehead atoms. The standard InChI is InChI=1S/C17H21Cl2N3O2/c18-14-4-3-12(9-15(14)19)17(24)20-10-16(23)22-8-5-13(11-22)21-6-1-2-7-21/h3-4,9,13H,1-2,5-8,10-11H2,(H,20,24). The summed E-state index contributed by atoms with van der Waals surface area (Å²) < 4.78 is 0. The first-order valence-electron chi connectivity index (χ1n) is 8.29. The molecule has 2 saturated heterocycles. The predicted molar refractivity (Wildman–Crippen MR) is 94.6 cm³/mol. The van der Waals surface area contributed by atoms with Crippen LogP contribution in [0.4, 0.5) is 0 Å². The normalized spacial score (nSPS) is 21.2. The third-order valence-electron chi connectivity index (χ3n) is 4.76. The van der Waals surface area contributed by atoms with Crippen LogP contribution in [-0.4, -0.2) is 60.4 Å². The molecule has 2 heterocycles. The van der Waals surface area contributed by atoms with Gasteiger partial charge in [-0.15, -0.1) is 0 Å². The summed E-state index contributed by atoms with van der Waals surface area (Å²) in [6.07, 6.45) is 3.53. The van der Waals surface area contributed by atoms with Gasteiger partial charge >= 0.3 is 0 Å². The van der Waals surface area contributed by atoms with Crippen LogP contribution in [-0.2, 0) is 4.79 Å². The predicted octanol–water partition coefficient (Wildman–Crippen LogP) is 2.42. The third-order valence-corrected chi connectivity index (χ3v) is 5.49. The average Bonchev–Trinajstić information content (AvgIpc) is 3.25. The Kier molecular flexibility index (Phi) is 5.64. The summed E-state index contributed by atoms with van der Waals surface area (Å²) in [6, 6.07) is 5.14. The minimum Gasteiger partial charge on any atom is -0.343 e. The lowest BCUT2D eigenvalue weighted by atomic mass is 10.2. The Labute approximate surface area is 151 Å². The van der Waals surface area contributed by atoms with E-state index >= 15 is 0 Å². The Bertz CT molecular complexity index is 632. The molecule has 24 heavy (non-hydrogen) atoms. The van der Waals surface area contributed by atoms with E-state index in [-0.39, 0.29) is 18.4 Å². The molecule has 2 amide bonds. The molecule has 7 heteroatoms. The zero-order valence-electron chi connectivity index (χ0n) is 13.4. The van der Waals surface area contributed by atoms with Gasteiger partial charge in [0.2, 0.25) is 5.91 Å². The van der Waals surface area contributed by atoms with E-state index in [9.17, 15) is 9.59 Å². The zero-order valence-corrected chi connectivity index (χ0v) is 14.9. The van der Waals surface area contributed by atoms with E-state index in [1.165, 1.54) is 18.9 Å². The molecule has 1 aromatic carbocycles. The molecule has 0 saturated carbocycles. The highest BCUT2D eigenvalue weighted by atomic mass is 35.5. The van der Waals surface area contributed by atoms with E-state index in [2.05, 4.69) is 10.2 Å². The van der Waals surface area contributed by atoms with Crippen LogP contribution in [0.25, 0.3) is 0 Å². The van der Waals surface area contributed by atoms with Crippen molar-refractivity contribution in [3.05, 3.63) is 33.8 Å². The number of carbonyl (C=O) groups excluding carboxylic acids is 2. The first kappa shape index (κ1) is 17.5. The van der Waals surface area contributed by atoms with Gasteiger partial charge in [0.1, 0.15) is 0 Å². The van der Waals surface area contributed by atoms with Gasteiger partial charge in [0.15, 0.2) is 0 Å². The molecule has 0 aromatic heterocycles. The van der Waals surface area contributed by atoms with Crippen LogP contribution in [0, 0.1) is 0 Å². The number of benzene rings is 1. The Morgan fingerprint density at radius 2 is 1.88 bits per heavy atom. The highest BCUT2D eigenvalue weighted by molar-refractivity contribution is 6.42. The van der Waals surface area contributed by atoms with Crippen molar-refractivity contribution in [1.82, 2.24) is 15.1 Å². The van der Waals surface area contributed by atoms with Gasteiger partial charge < -0.3 is 10.2 Å². The summed E-state index contributed by atoms with van der Waals surface area (Å²) in [7, 11) is 0. The summed E-state index contributed by atoms with van der Waals surface area (Å²) in [5.74, 6) is -0.359. The number of nitrogens with one attached hydrogen (secondary N) is 1. The molecule has 3 rings (SSSR count). The molecule has 130 valence electrons. The van der Waals surface area contributed by atoms with Crippen molar-refractivity contribution in [2.45, 2.75) is 25.3 Å². The molecule has 2 aliphatic rings. The third kappa shape index (κ3) is 4.02. The van der Waals surface area contributed by atoms with Gasteiger partial charge in [-0.1, -0.05) is 23.2 Å². The SMILES string of the molecule is O=C(NCC(=O)N1CCC(N2CCCC2)C1)c1ccc(Cl)c(Cl)c1. The lowest BCUT2D eigenvalue weighted by Crippen LogP contribution is -2.41. The highest BCUT2D eigenvalue weighted by Crippen LogP contribution is 2.23. The van der Waals surface area contributed by atoms with E-state index in [4.69, 9.17) is 23.2 Å². The van der Waals surface area contributed by atoms with Gasteiger partial charge in [0, 0.05) is 24.7 Å². The number of hydrogen-bond acceptors (Lipinski definition) is 3. The van der Waals surface area contributed by atoms with Crippen molar-refractivity contribution < 1.29 is 9.59 Å². The number of rotatable bonds is 4. The van der Waals surface area contributed by atoms with Crippen molar-refractivity contribution in [2.75, 3.05) is 32.7 Å². The van der Waals surface area contributed by atoms with Gasteiger partial charge in [-0.2, -0.15) is 0 Å². The van der Waals surface area contributed by atoms with Crippen LogP contribution in [0.15, 0.2) is 18.2 Å². The number of amides is 2. The average molecular weight is 370 g/mol. The van der Waals surface area contributed by atoms with Crippen molar-refractivity contribution >= 4 is 35.0 Å². The van der Waals surface area contributed by atoms with Gasteiger partial charge in [0.05, 0.1) is 16.6 Å². The number of nitrogens with zero attached hydrogens (tertiary/aromatic N) is 2. The summed E-state index contributed by atoms with van der Waals surface area (Å²) in [4.78, 5) is 28.7. The van der Waals surface area contributed by atoms with Gasteiger partial charge in [0.25, 0.3) is 5.91 Å². The maximum Gasteiger partial charge on any atom is 0.251 e. The number of carbonyl (C=O) groups is 2. The molecule has 0 aliphatic carbocycles. The molecule has 2 fully saturated rings. The Balaban J connectivity index is 1.48. The first-order valence-corrected chi connectivity index (χ1v) is 9.05. The minimum atomic E-state index is -0.322. The van der Waals surface area contributed by atoms with Crippen molar-refractivity contribution in [3.63, 3.8) is 0 Å². The van der Waals surface area contributed by atoms with Crippen molar-refractivity contribution in [2.24, 2.45) is 0 Å². The molecule has 1 N–H and O–H groups in total. The van der Waals surface area contributed by atoms with Crippen LogP contribution < -0.4 is 5.32 Å². The van der Waals surface area contributed by atoms with Crippen molar-refractivity contribution in [1.29, 1.82) is 0 Å². The fourth-order valence-corrected chi connectivity index (χ4v) is 3.68. The van der Waals surface area contributed by atoms with E-state index in [0.717, 1.165) is 32.6 Å². The molecule has 5 nitrogen and oxygen atoms in total. The molecule has 0 spiro atoms. The summed E-state index contributed by atoms with van der Waals surface area (Å²) in [6.45, 7) is 3.82. The molecule has 1 atom stereocenters. The van der Waals surface area contributed by atoms with Crippen LogP contribution in [0.2, 0.25) is 10.0 Å². The minimum absolute atomic E-state index is 0.00575. The second-order valence-corrected chi connectivity index (χ2v) is 7.15. The second kappa shape index (κ2) is 7.72. The largest absolute Gasteiger partial charge is 0.343 e. The van der Waals surface area contributed by atoms with Crippen LogP contribution >= 0.6 is 23.2 Å². The molecular formula is C17H21Cl2N3O2. The van der Waals surface area contributed by atoms with Crippen LogP contribution in [0.1, 0.15) is 29.6 Å². The first-order chi connectivity index (χ1) is 11.5. The fourth-order valence-electron chi connectivity index (χ4n) is 3.38. The van der Waals surface area contributed by atoms with Crippen LogP contribution in [0.3, 0.4) is 0 Å². The molecule has 2 aliphatic heterocycles. The zero-order chi connectivity index (χ0) is 17.1. The molecule has 1 unspecified atom stereocenters. The Hall–Kier alpha value is -1.30.